The fraction of sp³-hybridized carbons (Fsp3) is 0.412. The summed E-state index contributed by atoms with van der Waals surface area (Å²) >= 11 is 5.86. The molecule has 1 aliphatic carbocycles. The third kappa shape index (κ3) is 3.89. The number of allylic oxidation sites excluding steroid dienone is 1. The number of nitrogens with one attached hydrogen (secondary N) is 1. The minimum Gasteiger partial charge on any atom is -0.511 e. The summed E-state index contributed by atoms with van der Waals surface area (Å²) in [5, 5.41) is 13.5. The lowest BCUT2D eigenvalue weighted by atomic mass is 9.82. The third-order valence-corrected chi connectivity index (χ3v) is 3.75. The highest BCUT2D eigenvalue weighted by atomic mass is 35.5. The van der Waals surface area contributed by atoms with Crippen molar-refractivity contribution in [3.63, 3.8) is 0 Å². The molecule has 1 aromatic carbocycles. The summed E-state index contributed by atoms with van der Waals surface area (Å²) in [5.41, 5.74) is 0.359. The summed E-state index contributed by atoms with van der Waals surface area (Å²) in [7, 11) is 0. The Morgan fingerprint density at radius 3 is 2.32 bits per heavy atom. The van der Waals surface area contributed by atoms with Gasteiger partial charge in [-0.25, -0.2) is 0 Å². The Kier molecular flexibility index (Phi) is 4.61. The molecule has 2 rings (SSSR count). The minimum absolute atomic E-state index is 0.111. The number of amides is 1. The number of rotatable bonds is 2. The maximum atomic E-state index is 12.3. The van der Waals surface area contributed by atoms with Crippen LogP contribution in [0.4, 0.5) is 0 Å². The van der Waals surface area contributed by atoms with Crippen molar-refractivity contribution < 1.29 is 14.7 Å². The zero-order valence-electron chi connectivity index (χ0n) is 12.9. The number of ketones is 1. The highest BCUT2D eigenvalue weighted by Gasteiger charge is 2.33. The van der Waals surface area contributed by atoms with Gasteiger partial charge < -0.3 is 10.4 Å². The van der Waals surface area contributed by atoms with Crippen LogP contribution in [-0.2, 0) is 9.59 Å². The molecule has 0 saturated heterocycles. The zero-order chi connectivity index (χ0) is 16.5. The molecule has 1 unspecified atom stereocenters. The van der Waals surface area contributed by atoms with Crippen LogP contribution in [0.1, 0.15) is 45.1 Å². The van der Waals surface area contributed by atoms with Crippen molar-refractivity contribution in [2.24, 2.45) is 0 Å². The number of aliphatic hydroxyl groups excluding tert-OH is 1. The smallest absolute Gasteiger partial charge is 0.258 e. The number of carbonyl (C=O) groups excluding carboxylic acids is 2. The maximum Gasteiger partial charge on any atom is 0.258 e. The van der Waals surface area contributed by atoms with Crippen molar-refractivity contribution in [2.45, 2.75) is 45.1 Å². The first-order valence-electron chi connectivity index (χ1n) is 7.20. The Labute approximate surface area is 135 Å². The molecular formula is C17H20ClNO3. The van der Waals surface area contributed by atoms with Gasteiger partial charge in [0.05, 0.1) is 0 Å². The van der Waals surface area contributed by atoms with Crippen LogP contribution in [0.2, 0.25) is 5.02 Å². The Balaban J connectivity index is 2.22. The molecule has 0 fully saturated rings. The lowest BCUT2D eigenvalue weighted by Gasteiger charge is -2.26. The van der Waals surface area contributed by atoms with Crippen molar-refractivity contribution in [1.82, 2.24) is 5.32 Å². The number of hydrogen-bond acceptors (Lipinski definition) is 3. The van der Waals surface area contributed by atoms with E-state index < -0.39 is 11.4 Å². The number of carbonyl (C=O) groups is 2. The van der Waals surface area contributed by atoms with Gasteiger partial charge in [-0.1, -0.05) is 23.7 Å². The normalized spacial score (nSPS) is 19.3. The van der Waals surface area contributed by atoms with Gasteiger partial charge in [0.15, 0.2) is 5.78 Å². The molecule has 1 atom stereocenters. The van der Waals surface area contributed by atoms with Crippen LogP contribution in [-0.4, -0.2) is 22.3 Å². The van der Waals surface area contributed by atoms with E-state index >= 15 is 0 Å². The first-order chi connectivity index (χ1) is 10.2. The molecule has 0 radical (unpaired) electrons. The molecule has 5 heteroatoms. The summed E-state index contributed by atoms with van der Waals surface area (Å²) in [4.78, 5) is 24.4. The second-order valence-corrected chi connectivity index (χ2v) is 7.04. The summed E-state index contributed by atoms with van der Waals surface area (Å²) in [6.07, 6.45) is 0.485. The van der Waals surface area contributed by atoms with Gasteiger partial charge >= 0.3 is 0 Å². The van der Waals surface area contributed by atoms with E-state index in [-0.39, 0.29) is 35.9 Å². The second kappa shape index (κ2) is 6.13. The fourth-order valence-electron chi connectivity index (χ4n) is 2.53. The average Bonchev–Trinajstić information content (AvgIpc) is 2.36. The molecule has 1 amide bonds. The van der Waals surface area contributed by atoms with Crippen LogP contribution in [0.5, 0.6) is 0 Å². The second-order valence-electron chi connectivity index (χ2n) is 6.61. The molecule has 118 valence electrons. The molecule has 0 aliphatic heterocycles. The Bertz CT molecular complexity index is 626. The van der Waals surface area contributed by atoms with E-state index in [1.165, 1.54) is 0 Å². The van der Waals surface area contributed by atoms with Crippen LogP contribution in [0.3, 0.4) is 0 Å². The molecule has 22 heavy (non-hydrogen) atoms. The van der Waals surface area contributed by atoms with E-state index in [4.69, 9.17) is 11.6 Å². The van der Waals surface area contributed by atoms with E-state index in [0.29, 0.717) is 5.02 Å². The largest absolute Gasteiger partial charge is 0.511 e. The Morgan fingerprint density at radius 1 is 1.23 bits per heavy atom. The van der Waals surface area contributed by atoms with Crippen molar-refractivity contribution in [1.29, 1.82) is 0 Å². The van der Waals surface area contributed by atoms with E-state index in [9.17, 15) is 14.7 Å². The van der Waals surface area contributed by atoms with Gasteiger partial charge in [-0.2, -0.15) is 0 Å². The standard InChI is InChI=1S/C17H20ClNO3/c1-17(2,3)19-16(22)15-13(20)8-11(9-14(15)21)10-4-6-12(18)7-5-10/h4-7,11,20H,8-9H2,1-3H3,(H,19,22). The third-order valence-electron chi connectivity index (χ3n) is 3.50. The van der Waals surface area contributed by atoms with E-state index in [1.807, 2.05) is 32.9 Å². The van der Waals surface area contributed by atoms with Gasteiger partial charge in [-0.05, 0) is 44.4 Å². The topological polar surface area (TPSA) is 66.4 Å². The zero-order valence-corrected chi connectivity index (χ0v) is 13.7. The Hall–Kier alpha value is -1.81. The lowest BCUT2D eigenvalue weighted by molar-refractivity contribution is -0.124. The quantitative estimate of drug-likeness (QED) is 0.819. The predicted molar refractivity (Wildman–Crippen MR) is 86.0 cm³/mol. The van der Waals surface area contributed by atoms with Gasteiger partial charge in [-0.15, -0.1) is 0 Å². The molecule has 0 bridgehead atoms. The number of Topliss-reactive ketones (excluding diaryl/α,β-unsaturated/α-hetero) is 1. The monoisotopic (exact) mass is 321 g/mol. The molecule has 0 aromatic heterocycles. The maximum absolute atomic E-state index is 12.3. The van der Waals surface area contributed by atoms with E-state index in [1.54, 1.807) is 12.1 Å². The van der Waals surface area contributed by atoms with Gasteiger partial charge in [0.2, 0.25) is 0 Å². The summed E-state index contributed by atoms with van der Waals surface area (Å²) in [5.74, 6) is -1.11. The van der Waals surface area contributed by atoms with E-state index in [2.05, 4.69) is 5.32 Å². The number of benzene rings is 1. The molecule has 0 saturated carbocycles. The van der Waals surface area contributed by atoms with Gasteiger partial charge in [0.25, 0.3) is 5.91 Å². The number of aliphatic hydroxyl groups is 1. The van der Waals surface area contributed by atoms with Crippen LogP contribution >= 0.6 is 11.6 Å². The van der Waals surface area contributed by atoms with Gasteiger partial charge in [-0.3, -0.25) is 9.59 Å². The average molecular weight is 322 g/mol. The van der Waals surface area contributed by atoms with Crippen molar-refractivity contribution >= 4 is 23.3 Å². The number of halogens is 1. The molecule has 0 heterocycles. The molecule has 1 aliphatic rings. The highest BCUT2D eigenvalue weighted by molar-refractivity contribution is 6.30. The molecule has 2 N–H and O–H groups in total. The van der Waals surface area contributed by atoms with Crippen molar-refractivity contribution in [2.75, 3.05) is 0 Å². The predicted octanol–water partition coefficient (Wildman–Crippen LogP) is 3.51. The van der Waals surface area contributed by atoms with Crippen LogP contribution in [0, 0.1) is 0 Å². The minimum atomic E-state index is -0.510. The SMILES string of the molecule is CC(C)(C)NC(=O)C1=C(O)CC(c2ccc(Cl)cc2)CC1=O. The van der Waals surface area contributed by atoms with Gasteiger partial charge in [0.1, 0.15) is 11.3 Å². The van der Waals surface area contributed by atoms with Crippen LogP contribution < -0.4 is 5.32 Å². The van der Waals surface area contributed by atoms with Crippen LogP contribution in [0.15, 0.2) is 35.6 Å². The van der Waals surface area contributed by atoms with Crippen LogP contribution in [0.25, 0.3) is 0 Å². The molecule has 4 nitrogen and oxygen atoms in total. The summed E-state index contributed by atoms with van der Waals surface area (Å²) in [6, 6.07) is 7.19. The molecular weight excluding hydrogens is 302 g/mol. The first-order valence-corrected chi connectivity index (χ1v) is 7.58. The van der Waals surface area contributed by atoms with E-state index in [0.717, 1.165) is 5.56 Å². The van der Waals surface area contributed by atoms with Gasteiger partial charge in [0, 0.05) is 23.4 Å². The summed E-state index contributed by atoms with van der Waals surface area (Å²) < 4.78 is 0. The van der Waals surface area contributed by atoms with Crippen molar-refractivity contribution in [3.05, 3.63) is 46.2 Å². The lowest BCUT2D eigenvalue weighted by Crippen LogP contribution is -2.43. The molecule has 1 aromatic rings. The molecule has 0 spiro atoms. The summed E-state index contributed by atoms with van der Waals surface area (Å²) in [6.45, 7) is 5.48. The fourth-order valence-corrected chi connectivity index (χ4v) is 2.65. The number of hydrogen-bond donors (Lipinski definition) is 2. The highest BCUT2D eigenvalue weighted by Crippen LogP contribution is 2.34. The first kappa shape index (κ1) is 16.6. The van der Waals surface area contributed by atoms with Crippen molar-refractivity contribution in [3.8, 4) is 0 Å². The Morgan fingerprint density at radius 2 is 1.82 bits per heavy atom.